The van der Waals surface area contributed by atoms with Crippen LogP contribution < -0.4 is 26.0 Å². The van der Waals surface area contributed by atoms with E-state index in [1.54, 1.807) is 0 Å². The number of nitrogens with zero attached hydrogens (tertiary/aromatic N) is 1. The molecule has 0 atom stereocenters. The smallest absolute Gasteiger partial charge is 0.256 e. The predicted octanol–water partition coefficient (Wildman–Crippen LogP) is 7.30. The second-order valence-corrected chi connectivity index (χ2v) is 10.9. The van der Waals surface area contributed by atoms with Crippen molar-refractivity contribution >= 4 is 40.2 Å². The zero-order chi connectivity index (χ0) is 26.1. The van der Waals surface area contributed by atoms with E-state index in [1.165, 1.54) is 66.7 Å². The molecule has 5 aromatic carbocycles. The zero-order valence-electron chi connectivity index (χ0n) is 22.6. The van der Waals surface area contributed by atoms with Crippen LogP contribution in [-0.2, 0) is 0 Å². The number of para-hydroxylation sites is 2. The minimum absolute atomic E-state index is 0.103. The highest BCUT2D eigenvalue weighted by molar-refractivity contribution is 6.99. The maximum atomic E-state index is 6.89. The Labute approximate surface area is 225 Å². The molecule has 3 heteroatoms. The minimum atomic E-state index is 0.103. The van der Waals surface area contributed by atoms with Gasteiger partial charge in [-0.2, -0.15) is 0 Å². The maximum Gasteiger partial charge on any atom is 0.256 e. The highest BCUT2D eigenvalue weighted by Gasteiger charge is 2.43. The van der Waals surface area contributed by atoms with E-state index in [0.717, 1.165) is 17.2 Å². The lowest BCUT2D eigenvalue weighted by Crippen LogP contribution is -2.60. The largest absolute Gasteiger partial charge is 0.458 e. The molecule has 0 unspecified atom stereocenters. The predicted molar refractivity (Wildman–Crippen MR) is 161 cm³/mol. The molecule has 7 rings (SSSR count). The van der Waals surface area contributed by atoms with Gasteiger partial charge in [0.15, 0.2) is 0 Å². The second kappa shape index (κ2) is 8.39. The molecule has 2 heterocycles. The second-order valence-electron chi connectivity index (χ2n) is 10.9. The zero-order valence-corrected chi connectivity index (χ0v) is 22.6. The van der Waals surface area contributed by atoms with Crippen LogP contribution in [0.1, 0.15) is 27.8 Å². The highest BCUT2D eigenvalue weighted by Crippen LogP contribution is 2.45. The standard InChI is InChI=1S/C35H30BNO/c1-21-17-23(3)32(24(4)18-21)27-15-16-29-34-35(27)38-31-14-10-9-13-28(31)36(34)33-25(5)19-22(2)20-30(33)37(29)26-11-7-6-8-12-26/h6-20H,1-5H3. The molecule has 0 saturated heterocycles. The summed E-state index contributed by atoms with van der Waals surface area (Å²) >= 11 is 0. The Kier molecular flexibility index (Phi) is 5.06. The maximum absolute atomic E-state index is 6.89. The lowest BCUT2D eigenvalue weighted by molar-refractivity contribution is 0.489. The number of hydrogen-bond donors (Lipinski definition) is 0. The normalized spacial score (nSPS) is 13.0. The van der Waals surface area contributed by atoms with Crippen LogP contribution >= 0.6 is 0 Å². The first kappa shape index (κ1) is 22.9. The van der Waals surface area contributed by atoms with Crippen molar-refractivity contribution in [1.29, 1.82) is 0 Å². The lowest BCUT2D eigenvalue weighted by Gasteiger charge is -2.41. The van der Waals surface area contributed by atoms with Gasteiger partial charge in [-0.1, -0.05) is 65.7 Å². The molecular formula is C35H30BNO. The van der Waals surface area contributed by atoms with E-state index in [4.69, 9.17) is 4.74 Å². The molecule has 0 amide bonds. The summed E-state index contributed by atoms with van der Waals surface area (Å²) in [4.78, 5) is 2.43. The Bertz CT molecular complexity index is 1730. The van der Waals surface area contributed by atoms with Crippen LogP contribution in [0.2, 0.25) is 0 Å². The van der Waals surface area contributed by atoms with E-state index < -0.39 is 0 Å². The fraction of sp³-hybridized carbons (Fsp3) is 0.143. The number of fused-ring (bicyclic) bond motifs is 4. The summed E-state index contributed by atoms with van der Waals surface area (Å²) in [6, 6.07) is 33.1. The van der Waals surface area contributed by atoms with Gasteiger partial charge in [0, 0.05) is 22.6 Å². The third kappa shape index (κ3) is 3.28. The molecule has 184 valence electrons. The van der Waals surface area contributed by atoms with Gasteiger partial charge < -0.3 is 9.64 Å². The molecule has 2 nitrogen and oxygen atoms in total. The van der Waals surface area contributed by atoms with Gasteiger partial charge in [-0.15, -0.1) is 0 Å². The van der Waals surface area contributed by atoms with Crippen molar-refractivity contribution < 1.29 is 4.74 Å². The van der Waals surface area contributed by atoms with Crippen LogP contribution in [0.4, 0.5) is 17.1 Å². The Balaban J connectivity index is 1.61. The van der Waals surface area contributed by atoms with Gasteiger partial charge in [0.2, 0.25) is 0 Å². The van der Waals surface area contributed by atoms with Crippen molar-refractivity contribution in [3.8, 4) is 22.6 Å². The third-order valence-electron chi connectivity index (χ3n) is 8.14. The van der Waals surface area contributed by atoms with Crippen molar-refractivity contribution in [2.75, 3.05) is 4.90 Å². The van der Waals surface area contributed by atoms with Gasteiger partial charge in [0.05, 0.1) is 0 Å². The fourth-order valence-corrected chi connectivity index (χ4v) is 6.85. The van der Waals surface area contributed by atoms with Gasteiger partial charge in [-0.3, -0.25) is 0 Å². The fourth-order valence-electron chi connectivity index (χ4n) is 6.85. The molecule has 2 aliphatic rings. The van der Waals surface area contributed by atoms with E-state index in [9.17, 15) is 0 Å². The van der Waals surface area contributed by atoms with E-state index in [1.807, 2.05) is 0 Å². The van der Waals surface area contributed by atoms with Crippen molar-refractivity contribution in [3.63, 3.8) is 0 Å². The number of hydrogen-bond acceptors (Lipinski definition) is 2. The molecule has 0 radical (unpaired) electrons. The van der Waals surface area contributed by atoms with Crippen molar-refractivity contribution in [1.82, 2.24) is 0 Å². The first-order chi connectivity index (χ1) is 18.4. The summed E-state index contributed by atoms with van der Waals surface area (Å²) in [5, 5.41) is 0. The molecule has 0 N–H and O–H groups in total. The number of anilines is 3. The van der Waals surface area contributed by atoms with Crippen molar-refractivity contribution in [2.45, 2.75) is 34.6 Å². The Hall–Kier alpha value is -4.24. The average molecular weight is 491 g/mol. The summed E-state index contributed by atoms with van der Waals surface area (Å²) in [6.45, 7) is 11.2. The Morgan fingerprint density at radius 1 is 0.605 bits per heavy atom. The first-order valence-corrected chi connectivity index (χ1v) is 13.4. The van der Waals surface area contributed by atoms with Gasteiger partial charge in [-0.25, -0.2) is 0 Å². The number of benzene rings is 5. The van der Waals surface area contributed by atoms with Crippen LogP contribution in [0.15, 0.2) is 91.0 Å². The van der Waals surface area contributed by atoms with Gasteiger partial charge in [0.1, 0.15) is 11.5 Å². The van der Waals surface area contributed by atoms with Crippen molar-refractivity contribution in [2.24, 2.45) is 0 Å². The number of aryl methyl sites for hydroxylation is 5. The molecule has 0 aliphatic carbocycles. The third-order valence-corrected chi connectivity index (χ3v) is 8.14. The number of ether oxygens (including phenoxy) is 1. The highest BCUT2D eigenvalue weighted by atomic mass is 16.5. The number of rotatable bonds is 2. The SMILES string of the molecule is Cc1cc(C)c(-c2ccc3c4c2Oc2ccccc2B4c2c(C)cc(C)cc2N3c2ccccc2)c(C)c1. The van der Waals surface area contributed by atoms with E-state index in [-0.39, 0.29) is 6.71 Å². The van der Waals surface area contributed by atoms with Crippen LogP contribution in [0.25, 0.3) is 11.1 Å². The van der Waals surface area contributed by atoms with Gasteiger partial charge >= 0.3 is 0 Å². The van der Waals surface area contributed by atoms with E-state index >= 15 is 0 Å². The summed E-state index contributed by atoms with van der Waals surface area (Å²) in [5.41, 5.74) is 16.3. The van der Waals surface area contributed by atoms with Crippen LogP contribution in [0.3, 0.4) is 0 Å². The summed E-state index contributed by atoms with van der Waals surface area (Å²) in [5.74, 6) is 1.93. The molecular weight excluding hydrogens is 461 g/mol. The van der Waals surface area contributed by atoms with Gasteiger partial charge in [-0.05, 0) is 110 Å². The summed E-state index contributed by atoms with van der Waals surface area (Å²) in [7, 11) is 0. The van der Waals surface area contributed by atoms with Gasteiger partial charge in [0.25, 0.3) is 6.71 Å². The van der Waals surface area contributed by atoms with E-state index in [2.05, 4.69) is 131 Å². The minimum Gasteiger partial charge on any atom is -0.458 e. The Morgan fingerprint density at radius 3 is 2.03 bits per heavy atom. The monoisotopic (exact) mass is 491 g/mol. The molecule has 2 aliphatic heterocycles. The molecule has 0 saturated carbocycles. The molecule has 38 heavy (non-hydrogen) atoms. The first-order valence-electron chi connectivity index (χ1n) is 13.4. The van der Waals surface area contributed by atoms with Crippen molar-refractivity contribution in [3.05, 3.63) is 119 Å². The van der Waals surface area contributed by atoms with Crippen LogP contribution in [0, 0.1) is 34.6 Å². The molecule has 0 spiro atoms. The molecule has 0 aromatic heterocycles. The summed E-state index contributed by atoms with van der Waals surface area (Å²) < 4.78 is 6.89. The topological polar surface area (TPSA) is 12.5 Å². The Morgan fingerprint density at radius 2 is 1.26 bits per heavy atom. The quantitative estimate of drug-likeness (QED) is 0.235. The van der Waals surface area contributed by atoms with Crippen LogP contribution in [-0.4, -0.2) is 6.71 Å². The summed E-state index contributed by atoms with van der Waals surface area (Å²) in [6.07, 6.45) is 0. The molecule has 5 aromatic rings. The average Bonchev–Trinajstić information content (AvgIpc) is 2.89. The lowest BCUT2D eigenvalue weighted by atomic mass is 9.33. The van der Waals surface area contributed by atoms with E-state index in [0.29, 0.717) is 0 Å². The molecule has 0 fully saturated rings. The molecule has 0 bridgehead atoms. The van der Waals surface area contributed by atoms with Crippen LogP contribution in [0.5, 0.6) is 11.5 Å².